The Labute approximate surface area is 109 Å². The van der Waals surface area contributed by atoms with Crippen molar-refractivity contribution in [1.29, 1.82) is 0 Å². The quantitative estimate of drug-likeness (QED) is 0.929. The number of pyridine rings is 1. The normalized spacial score (nSPS) is 19.6. The molecule has 0 spiro atoms. The fourth-order valence-corrected chi connectivity index (χ4v) is 2.84. The third-order valence-electron chi connectivity index (χ3n) is 2.51. The number of anilines is 1. The molecule has 1 atom stereocenters. The molecule has 0 saturated carbocycles. The Morgan fingerprint density at radius 3 is 2.79 bits per heavy atom. The highest BCUT2D eigenvalue weighted by atomic mass is 32.2. The van der Waals surface area contributed by atoms with Crippen molar-refractivity contribution in [2.45, 2.75) is 19.5 Å². The second-order valence-electron chi connectivity index (χ2n) is 4.20. The highest BCUT2D eigenvalue weighted by molar-refractivity contribution is 7.96. The van der Waals surface area contributed by atoms with Crippen LogP contribution in [0.1, 0.15) is 12.0 Å². The van der Waals surface area contributed by atoms with E-state index >= 15 is 0 Å². The van der Waals surface area contributed by atoms with E-state index in [0.717, 1.165) is 17.7 Å². The Morgan fingerprint density at radius 2 is 2.16 bits per heavy atom. The van der Waals surface area contributed by atoms with Gasteiger partial charge in [0, 0.05) is 12.6 Å². The van der Waals surface area contributed by atoms with Gasteiger partial charge in [-0.15, -0.1) is 0 Å². The molecule has 1 aromatic rings. The van der Waals surface area contributed by atoms with Crippen LogP contribution in [0.5, 0.6) is 0 Å². The Balaban J connectivity index is 2.29. The minimum absolute atomic E-state index is 0.232. The summed E-state index contributed by atoms with van der Waals surface area (Å²) in [6.07, 6.45) is 2.79. The fraction of sp³-hybridized carbons (Fsp3) is 0.250. The molecule has 0 fully saturated rings. The summed E-state index contributed by atoms with van der Waals surface area (Å²) < 4.78 is 52.6. The number of hydrogen-bond donors (Lipinski definition) is 1. The number of nitrogens with zero attached hydrogens (tertiary/aromatic N) is 1. The predicted octanol–water partition coefficient (Wildman–Crippen LogP) is 2.61. The average Bonchev–Trinajstić information content (AvgIpc) is 2.27. The minimum atomic E-state index is -4.06. The van der Waals surface area contributed by atoms with Crippen LogP contribution in [0.25, 0.3) is 0 Å². The molecule has 4 nitrogen and oxygen atoms in total. The van der Waals surface area contributed by atoms with Crippen LogP contribution in [0, 0.1) is 6.92 Å². The van der Waals surface area contributed by atoms with Crippen LogP contribution in [0.2, 0.25) is 0 Å². The second kappa shape index (κ2) is 5.08. The number of halogens is 2. The third-order valence-corrected chi connectivity index (χ3v) is 3.96. The number of rotatable bonds is 3. The van der Waals surface area contributed by atoms with Gasteiger partial charge in [0.25, 0.3) is 10.0 Å². The average molecular weight is 286 g/mol. The van der Waals surface area contributed by atoms with Gasteiger partial charge in [-0.2, -0.15) is 0 Å². The van der Waals surface area contributed by atoms with Gasteiger partial charge < -0.3 is 0 Å². The van der Waals surface area contributed by atoms with Gasteiger partial charge >= 0.3 is 0 Å². The summed E-state index contributed by atoms with van der Waals surface area (Å²) in [5.74, 6) is -0.983. The first-order chi connectivity index (χ1) is 8.88. The van der Waals surface area contributed by atoms with E-state index in [2.05, 4.69) is 9.71 Å². The summed E-state index contributed by atoms with van der Waals surface area (Å²) in [5, 5.41) is 0. The van der Waals surface area contributed by atoms with Gasteiger partial charge in [-0.3, -0.25) is 9.71 Å². The zero-order chi connectivity index (χ0) is 14.0. The molecule has 1 N–H and O–H groups in total. The molecule has 1 unspecified atom stereocenters. The first kappa shape index (κ1) is 13.7. The lowest BCUT2D eigenvalue weighted by molar-refractivity contribution is 0.368. The summed E-state index contributed by atoms with van der Waals surface area (Å²) in [7, 11) is -4.06. The first-order valence-electron chi connectivity index (χ1n) is 5.54. The smallest absolute Gasteiger partial charge is 0.264 e. The molecule has 0 aliphatic heterocycles. The van der Waals surface area contributed by atoms with Gasteiger partial charge in [0.15, 0.2) is 0 Å². The van der Waals surface area contributed by atoms with Crippen LogP contribution < -0.4 is 4.72 Å². The molecular weight excluding hydrogens is 274 g/mol. The number of nitrogens with one attached hydrogen (secondary N) is 1. The van der Waals surface area contributed by atoms with Gasteiger partial charge in [0.2, 0.25) is 0 Å². The van der Waals surface area contributed by atoms with Crippen molar-refractivity contribution < 1.29 is 17.2 Å². The summed E-state index contributed by atoms with van der Waals surface area (Å²) in [5.41, 5.74) is 0.994. The minimum Gasteiger partial charge on any atom is -0.278 e. The van der Waals surface area contributed by atoms with Crippen molar-refractivity contribution in [3.63, 3.8) is 0 Å². The van der Waals surface area contributed by atoms with Crippen molar-refractivity contribution >= 4 is 15.7 Å². The maximum atomic E-state index is 13.5. The summed E-state index contributed by atoms with van der Waals surface area (Å²) in [4.78, 5) is 3.29. The van der Waals surface area contributed by atoms with E-state index in [9.17, 15) is 17.2 Å². The van der Waals surface area contributed by atoms with Crippen molar-refractivity contribution in [3.05, 3.63) is 46.9 Å². The monoisotopic (exact) mass is 286 g/mol. The van der Waals surface area contributed by atoms with Gasteiger partial charge in [-0.25, -0.2) is 17.2 Å². The molecule has 1 heterocycles. The molecule has 19 heavy (non-hydrogen) atoms. The van der Waals surface area contributed by atoms with Crippen molar-refractivity contribution in [2.75, 3.05) is 4.72 Å². The number of aryl methyl sites for hydroxylation is 1. The van der Waals surface area contributed by atoms with Crippen molar-refractivity contribution in [2.24, 2.45) is 0 Å². The maximum Gasteiger partial charge on any atom is 0.264 e. The van der Waals surface area contributed by atoms with Crippen LogP contribution in [0.3, 0.4) is 0 Å². The lowest BCUT2D eigenvalue weighted by Gasteiger charge is -2.14. The van der Waals surface area contributed by atoms with E-state index in [0.29, 0.717) is 0 Å². The van der Waals surface area contributed by atoms with Crippen LogP contribution in [-0.4, -0.2) is 19.6 Å². The molecule has 1 aliphatic carbocycles. The van der Waals surface area contributed by atoms with Crippen LogP contribution in [0.4, 0.5) is 14.5 Å². The summed E-state index contributed by atoms with van der Waals surface area (Å²) >= 11 is 0. The predicted molar refractivity (Wildman–Crippen MR) is 68.3 cm³/mol. The van der Waals surface area contributed by atoms with Gasteiger partial charge in [-0.05, 0) is 30.7 Å². The molecule has 0 amide bonds. The van der Waals surface area contributed by atoms with Crippen LogP contribution in [-0.2, 0) is 10.0 Å². The molecule has 0 aromatic carbocycles. The zero-order valence-electron chi connectivity index (χ0n) is 10.1. The van der Waals surface area contributed by atoms with Gasteiger partial charge in [0.1, 0.15) is 16.9 Å². The second-order valence-corrected chi connectivity index (χ2v) is 5.86. The molecule has 2 rings (SSSR count). The largest absolute Gasteiger partial charge is 0.278 e. The Bertz CT molecular complexity index is 653. The molecule has 1 aromatic heterocycles. The Hall–Kier alpha value is -1.76. The molecule has 1 aliphatic rings. The SMILES string of the molecule is Cc1cncc(NS(=O)(=O)C2=C(F)CC(F)C=C2)c1. The van der Waals surface area contributed by atoms with Crippen LogP contribution >= 0.6 is 0 Å². The molecule has 0 saturated heterocycles. The lowest BCUT2D eigenvalue weighted by Crippen LogP contribution is -2.18. The molecular formula is C12H12F2N2O2S. The number of allylic oxidation sites excluding steroid dienone is 3. The third kappa shape index (κ3) is 3.17. The van der Waals surface area contributed by atoms with E-state index in [1.807, 2.05) is 0 Å². The van der Waals surface area contributed by atoms with E-state index in [4.69, 9.17) is 0 Å². The number of sulfonamides is 1. The van der Waals surface area contributed by atoms with E-state index in [1.165, 1.54) is 6.20 Å². The topological polar surface area (TPSA) is 59.1 Å². The van der Waals surface area contributed by atoms with Crippen molar-refractivity contribution in [3.8, 4) is 0 Å². The highest BCUT2D eigenvalue weighted by Crippen LogP contribution is 2.27. The van der Waals surface area contributed by atoms with Gasteiger partial charge in [0.05, 0.1) is 11.9 Å². The zero-order valence-corrected chi connectivity index (χ0v) is 10.9. The molecule has 0 bridgehead atoms. The lowest BCUT2D eigenvalue weighted by atomic mass is 10.1. The number of alkyl halides is 1. The summed E-state index contributed by atoms with van der Waals surface area (Å²) in [6.45, 7) is 1.75. The summed E-state index contributed by atoms with van der Waals surface area (Å²) in [6, 6.07) is 1.56. The highest BCUT2D eigenvalue weighted by Gasteiger charge is 2.25. The molecule has 102 valence electrons. The first-order valence-corrected chi connectivity index (χ1v) is 7.02. The van der Waals surface area contributed by atoms with E-state index < -0.39 is 33.3 Å². The van der Waals surface area contributed by atoms with Crippen LogP contribution in [0.15, 0.2) is 41.3 Å². The van der Waals surface area contributed by atoms with E-state index in [-0.39, 0.29) is 5.69 Å². The van der Waals surface area contributed by atoms with E-state index in [1.54, 1.807) is 19.2 Å². The van der Waals surface area contributed by atoms with Gasteiger partial charge in [-0.1, -0.05) is 0 Å². The number of aromatic nitrogens is 1. The van der Waals surface area contributed by atoms with Crippen molar-refractivity contribution in [1.82, 2.24) is 4.98 Å². The fourth-order valence-electron chi connectivity index (χ4n) is 1.68. The Morgan fingerprint density at radius 1 is 1.42 bits per heavy atom. The standard InChI is InChI=1S/C12H12F2N2O2S/c1-8-4-10(7-15-6-8)16-19(17,18)12-3-2-9(13)5-11(12)14/h2-4,6-7,9,16H,5H2,1H3. The number of hydrogen-bond acceptors (Lipinski definition) is 3. The molecule has 7 heteroatoms. The molecule has 0 radical (unpaired) electrons. The maximum absolute atomic E-state index is 13.5. The Kier molecular flexibility index (Phi) is 3.66.